The van der Waals surface area contributed by atoms with Crippen LogP contribution in [0.25, 0.3) is 87.6 Å². The van der Waals surface area contributed by atoms with Gasteiger partial charge in [0, 0.05) is 10.9 Å². The molecule has 9 aromatic rings. The highest BCUT2D eigenvalue weighted by Crippen LogP contribution is 2.49. The van der Waals surface area contributed by atoms with Gasteiger partial charge < -0.3 is 4.74 Å². The fourth-order valence-electron chi connectivity index (χ4n) is 5.58. The predicted molar refractivity (Wildman–Crippen MR) is 189 cm³/mol. The summed E-state index contributed by atoms with van der Waals surface area (Å²) < 4.78 is 238. The minimum atomic E-state index is -1.02. The zero-order valence-electron chi connectivity index (χ0n) is 48.4. The van der Waals surface area contributed by atoms with Crippen molar-refractivity contribution >= 4 is 43.1 Å². The molecule has 0 spiro atoms. The van der Waals surface area contributed by atoms with Gasteiger partial charge in [-0.2, -0.15) is 0 Å². The Hall–Kier alpha value is -5.92. The SMILES string of the molecule is [2H]c1c([2H])c([2H])c(-c2c([2H])c([2H])c3c4c(c([2H])c([2H])c([2H])c24)-c2c([2H])c(-c4c([2H])c([2H])c(-c5c([2H])c([2H])c6c([2H])c([2H])c7c([2H])c([2H])c([2H])c8c([2H])c([2H])c5c6c78)c([2H])c4[2H])c([2H])c([2H])c2O3)c([2H])c1[2H]. The van der Waals surface area contributed by atoms with Crippen LogP contribution in [0.1, 0.15) is 35.6 Å². The van der Waals surface area contributed by atoms with Crippen LogP contribution in [0.4, 0.5) is 0 Å². The van der Waals surface area contributed by atoms with Crippen molar-refractivity contribution in [3.63, 3.8) is 0 Å². The summed E-state index contributed by atoms with van der Waals surface area (Å²) in [4.78, 5) is 0. The summed E-state index contributed by atoms with van der Waals surface area (Å²) in [6.45, 7) is 0. The second-order valence-corrected chi connectivity index (χ2v) is 10.0. The van der Waals surface area contributed by atoms with Gasteiger partial charge in [0.05, 0.1) is 35.6 Å². The molecule has 0 radical (unpaired) electrons. The zero-order valence-corrected chi connectivity index (χ0v) is 22.4. The zero-order chi connectivity index (χ0) is 52.1. The van der Waals surface area contributed by atoms with E-state index in [2.05, 4.69) is 0 Å². The highest BCUT2D eigenvalue weighted by Gasteiger charge is 2.22. The molecule has 0 fully saturated rings. The third kappa shape index (κ3) is 3.62. The fraction of sp³-hybridized carbons (Fsp3) is 0. The van der Waals surface area contributed by atoms with E-state index in [1.807, 2.05) is 0 Å². The van der Waals surface area contributed by atoms with E-state index in [0.29, 0.717) is 0 Å². The van der Waals surface area contributed by atoms with Gasteiger partial charge >= 0.3 is 0 Å². The van der Waals surface area contributed by atoms with Gasteiger partial charge in [0.25, 0.3) is 0 Å². The van der Waals surface area contributed by atoms with Crippen LogP contribution in [0.2, 0.25) is 0 Å². The van der Waals surface area contributed by atoms with Crippen LogP contribution in [0.3, 0.4) is 0 Å². The molecule has 0 saturated carbocycles. The molecule has 1 aliphatic rings. The van der Waals surface area contributed by atoms with Crippen molar-refractivity contribution in [2.45, 2.75) is 0 Å². The summed E-state index contributed by atoms with van der Waals surface area (Å²) in [7, 11) is 0. The van der Waals surface area contributed by atoms with E-state index in [4.69, 9.17) is 30.8 Å². The van der Waals surface area contributed by atoms with Crippen LogP contribution in [0.15, 0.2) is 157 Å². The van der Waals surface area contributed by atoms with Gasteiger partial charge in [0.2, 0.25) is 0 Å². The van der Waals surface area contributed by atoms with Crippen LogP contribution < -0.4 is 4.74 Å². The van der Waals surface area contributed by atoms with E-state index >= 15 is 0 Å². The van der Waals surface area contributed by atoms with E-state index in [1.165, 1.54) is 0 Å². The largest absolute Gasteiger partial charge is 0.456 e. The van der Waals surface area contributed by atoms with Crippen molar-refractivity contribution < 1.29 is 40.4 Å². The summed E-state index contributed by atoms with van der Waals surface area (Å²) in [6, 6.07) is -21.7. The Morgan fingerprint density at radius 2 is 0.933 bits per heavy atom. The lowest BCUT2D eigenvalue weighted by Gasteiger charge is -2.23. The standard InChI is InChI=1S/C44H26O/c1-2-6-28(7-3-1)35-23-25-41-44-36(35)10-5-11-37(44)39-26-33(20-24-40(39)45-41)27-12-14-29(15-13-27)34-21-18-32-17-16-30-8-4-9-31-19-22-38(34)43(32)42(30)31/h1-26H/i1D,2D,3D,4D,5D,6D,7D,8D,9D,10D,11D,12D,13D,14D,15D,16D,17D,18D,19D,20D,21D,22D,23D,24D,25D,26D. The van der Waals surface area contributed by atoms with Crippen molar-refractivity contribution in [2.24, 2.45) is 0 Å². The van der Waals surface area contributed by atoms with Crippen molar-refractivity contribution in [1.29, 1.82) is 0 Å². The molecule has 0 aromatic heterocycles. The van der Waals surface area contributed by atoms with Gasteiger partial charge in [-0.1, -0.05) is 139 Å². The quantitative estimate of drug-likeness (QED) is 0.184. The maximum atomic E-state index is 9.61. The molecule has 0 saturated heterocycles. The van der Waals surface area contributed by atoms with E-state index in [1.54, 1.807) is 0 Å². The molecule has 0 bridgehead atoms. The smallest absolute Gasteiger partial charge is 0.135 e. The van der Waals surface area contributed by atoms with Gasteiger partial charge in [0.1, 0.15) is 11.5 Å². The number of fused-ring (bicyclic) bond motifs is 2. The first-order valence-electron chi connectivity index (χ1n) is 26.4. The van der Waals surface area contributed by atoms with Crippen molar-refractivity contribution in [2.75, 3.05) is 0 Å². The van der Waals surface area contributed by atoms with E-state index in [-0.39, 0.29) is 21.5 Å². The maximum absolute atomic E-state index is 9.61. The Kier molecular flexibility index (Phi) is 2.13. The summed E-state index contributed by atoms with van der Waals surface area (Å²) in [5.74, 6) is -1.29. The molecule has 208 valence electrons. The monoisotopic (exact) mass is 596 g/mol. The second-order valence-electron chi connectivity index (χ2n) is 10.0. The highest BCUT2D eigenvalue weighted by atomic mass is 16.5. The number of hydrogen-bond donors (Lipinski definition) is 0. The van der Waals surface area contributed by atoms with Crippen LogP contribution in [-0.4, -0.2) is 0 Å². The van der Waals surface area contributed by atoms with Gasteiger partial charge in [-0.25, -0.2) is 0 Å². The van der Waals surface area contributed by atoms with Gasteiger partial charge in [0.15, 0.2) is 0 Å². The molecule has 0 unspecified atom stereocenters. The maximum Gasteiger partial charge on any atom is 0.135 e. The number of benzene rings is 9. The molecule has 45 heavy (non-hydrogen) atoms. The molecule has 9 aromatic carbocycles. The molecule has 0 N–H and O–H groups in total. The van der Waals surface area contributed by atoms with Crippen LogP contribution >= 0.6 is 0 Å². The lowest BCUT2D eigenvalue weighted by Crippen LogP contribution is -1.98. The van der Waals surface area contributed by atoms with Gasteiger partial charge in [-0.15, -0.1) is 0 Å². The van der Waals surface area contributed by atoms with Crippen LogP contribution in [-0.2, 0) is 0 Å². The van der Waals surface area contributed by atoms with E-state index in [0.717, 1.165) is 0 Å². The summed E-state index contributed by atoms with van der Waals surface area (Å²) >= 11 is 0. The Morgan fingerprint density at radius 3 is 1.76 bits per heavy atom. The summed E-state index contributed by atoms with van der Waals surface area (Å²) in [6.07, 6.45) is 0. The topological polar surface area (TPSA) is 9.23 Å². The van der Waals surface area contributed by atoms with E-state index in [9.17, 15) is 9.60 Å². The Balaban J connectivity index is 1.31. The number of hydrogen-bond acceptors (Lipinski definition) is 1. The molecule has 1 aliphatic heterocycles. The van der Waals surface area contributed by atoms with Crippen LogP contribution in [0, 0.1) is 0 Å². The van der Waals surface area contributed by atoms with Gasteiger partial charge in [-0.05, 0) is 94.8 Å². The van der Waals surface area contributed by atoms with Crippen molar-refractivity contribution in [3.05, 3.63) is 157 Å². The molecule has 1 heteroatoms. The predicted octanol–water partition coefficient (Wildman–Crippen LogP) is 12.5. The molecule has 1 heterocycles. The molecular formula is C44H26O. The first-order chi connectivity index (χ1) is 33.2. The first kappa shape index (κ1) is 10.3. The normalized spacial score (nSPS) is 20.3. The lowest BCUT2D eigenvalue weighted by atomic mass is 9.88. The van der Waals surface area contributed by atoms with Crippen LogP contribution in [0.5, 0.6) is 11.5 Å². The first-order valence-corrected chi connectivity index (χ1v) is 13.4. The number of ether oxygens (including phenoxy) is 1. The highest BCUT2D eigenvalue weighted by molar-refractivity contribution is 6.25. The Labute approximate surface area is 297 Å². The average molecular weight is 597 g/mol. The molecule has 0 amide bonds. The average Bonchev–Trinajstić information content (AvgIpc) is 3.33. The van der Waals surface area contributed by atoms with E-state index < -0.39 is 235 Å². The van der Waals surface area contributed by atoms with Crippen molar-refractivity contribution in [3.8, 4) is 56.0 Å². The van der Waals surface area contributed by atoms with Crippen molar-refractivity contribution in [1.82, 2.24) is 0 Å². The minimum absolute atomic E-state index is 0.239. The number of rotatable bonds is 3. The fourth-order valence-corrected chi connectivity index (χ4v) is 5.58. The lowest BCUT2D eigenvalue weighted by molar-refractivity contribution is 0.487. The third-order valence-electron chi connectivity index (χ3n) is 7.57. The second kappa shape index (κ2) is 9.29. The third-order valence-corrected chi connectivity index (χ3v) is 7.57. The minimum Gasteiger partial charge on any atom is -0.456 e. The van der Waals surface area contributed by atoms with Gasteiger partial charge in [-0.3, -0.25) is 0 Å². The Morgan fingerprint density at radius 1 is 0.333 bits per heavy atom. The Bertz CT molecular complexity index is 4000. The summed E-state index contributed by atoms with van der Waals surface area (Å²) in [5.41, 5.74) is -5.26. The molecule has 0 atom stereocenters. The summed E-state index contributed by atoms with van der Waals surface area (Å²) in [5, 5.41) is -3.09. The molecule has 0 aliphatic carbocycles. The molecule has 10 rings (SSSR count). The molecular weight excluding hydrogens is 544 g/mol. The molecule has 1 nitrogen and oxygen atoms in total.